The van der Waals surface area contributed by atoms with Gasteiger partial charge >= 0.3 is 0 Å². The summed E-state index contributed by atoms with van der Waals surface area (Å²) in [6.45, 7) is 1.66. The number of rotatable bonds is 3. The lowest BCUT2D eigenvalue weighted by molar-refractivity contribution is 0.153. The highest BCUT2D eigenvalue weighted by atomic mass is 19.3. The van der Waals surface area contributed by atoms with Crippen LogP contribution >= 0.6 is 0 Å². The molecule has 2 heterocycles. The fourth-order valence-electron chi connectivity index (χ4n) is 2.37. The first kappa shape index (κ1) is 14.3. The molecule has 0 bridgehead atoms. The van der Waals surface area contributed by atoms with E-state index >= 15 is 0 Å². The minimum atomic E-state index is -2.77. The number of H-pyrrole nitrogens is 1. The Bertz CT molecular complexity index is 871. The van der Waals surface area contributed by atoms with E-state index in [2.05, 4.69) is 15.2 Å². The Morgan fingerprint density at radius 1 is 1.32 bits per heavy atom. The Morgan fingerprint density at radius 2 is 2.09 bits per heavy atom. The molecule has 3 N–H and O–H groups in total. The minimum Gasteiger partial charge on any atom is -0.322 e. The van der Waals surface area contributed by atoms with Crippen LogP contribution in [0.2, 0.25) is 0 Å². The van der Waals surface area contributed by atoms with Crippen LogP contribution in [0, 0.1) is 0 Å². The van der Waals surface area contributed by atoms with Crippen molar-refractivity contribution in [3.05, 3.63) is 52.2 Å². The highest BCUT2D eigenvalue weighted by molar-refractivity contribution is 5.82. The van der Waals surface area contributed by atoms with Crippen molar-refractivity contribution in [1.29, 1.82) is 0 Å². The number of nitrogens with two attached hydrogens (primary N) is 1. The number of benzene rings is 1. The summed E-state index contributed by atoms with van der Waals surface area (Å²) in [5.41, 5.74) is 5.13. The Labute approximate surface area is 123 Å². The summed E-state index contributed by atoms with van der Waals surface area (Å²) in [4.78, 5) is 17.1. The zero-order valence-corrected chi connectivity index (χ0v) is 11.6. The molecule has 1 atom stereocenters. The standard InChI is InChI=1S/C14H13F2N5O/c1-7(17)13-19-9-4-2-3-8(12(15)16)11(9)14(22)21(13)10-5-6-18-20-10/h2-7,12H,17H2,1H3,(H,18,20)/t7-/m1/s1. The number of nitrogens with zero attached hydrogens (tertiary/aromatic N) is 3. The summed E-state index contributed by atoms with van der Waals surface area (Å²) in [6.07, 6.45) is -1.31. The molecule has 0 spiro atoms. The Balaban J connectivity index is 2.47. The van der Waals surface area contributed by atoms with Gasteiger partial charge in [0.15, 0.2) is 0 Å². The molecule has 2 aromatic heterocycles. The molecule has 22 heavy (non-hydrogen) atoms. The first-order valence-corrected chi connectivity index (χ1v) is 6.59. The van der Waals surface area contributed by atoms with Crippen molar-refractivity contribution in [2.45, 2.75) is 19.4 Å². The van der Waals surface area contributed by atoms with E-state index in [1.165, 1.54) is 29.0 Å². The van der Waals surface area contributed by atoms with E-state index in [4.69, 9.17) is 5.73 Å². The molecule has 0 saturated heterocycles. The van der Waals surface area contributed by atoms with E-state index in [1.54, 1.807) is 13.0 Å². The van der Waals surface area contributed by atoms with Crippen LogP contribution in [0.1, 0.15) is 30.8 Å². The predicted molar refractivity (Wildman–Crippen MR) is 77.0 cm³/mol. The van der Waals surface area contributed by atoms with E-state index < -0.39 is 18.0 Å². The lowest BCUT2D eigenvalue weighted by atomic mass is 10.1. The second kappa shape index (κ2) is 5.30. The van der Waals surface area contributed by atoms with Crippen LogP contribution < -0.4 is 11.3 Å². The average Bonchev–Trinajstić information content (AvgIpc) is 2.99. The van der Waals surface area contributed by atoms with E-state index in [1.807, 2.05) is 0 Å². The van der Waals surface area contributed by atoms with Gasteiger partial charge in [-0.15, -0.1) is 0 Å². The van der Waals surface area contributed by atoms with Crippen molar-refractivity contribution in [1.82, 2.24) is 19.7 Å². The van der Waals surface area contributed by atoms with Gasteiger partial charge < -0.3 is 5.73 Å². The molecule has 0 unspecified atom stereocenters. The van der Waals surface area contributed by atoms with Crippen molar-refractivity contribution < 1.29 is 8.78 Å². The maximum Gasteiger partial charge on any atom is 0.267 e. The van der Waals surface area contributed by atoms with Crippen molar-refractivity contribution in [3.63, 3.8) is 0 Å². The summed E-state index contributed by atoms with van der Waals surface area (Å²) in [7, 11) is 0. The molecule has 8 heteroatoms. The van der Waals surface area contributed by atoms with E-state index in [9.17, 15) is 13.6 Å². The molecular weight excluding hydrogens is 292 g/mol. The summed E-state index contributed by atoms with van der Waals surface area (Å²) in [6, 6.07) is 5.17. The van der Waals surface area contributed by atoms with Crippen molar-refractivity contribution in [3.8, 4) is 5.82 Å². The van der Waals surface area contributed by atoms with Gasteiger partial charge in [0, 0.05) is 11.6 Å². The van der Waals surface area contributed by atoms with E-state index in [0.717, 1.165) is 0 Å². The zero-order chi connectivity index (χ0) is 15.9. The Morgan fingerprint density at radius 3 is 2.68 bits per heavy atom. The van der Waals surface area contributed by atoms with Crippen LogP contribution in [-0.4, -0.2) is 19.7 Å². The van der Waals surface area contributed by atoms with Crippen molar-refractivity contribution in [2.75, 3.05) is 0 Å². The van der Waals surface area contributed by atoms with Gasteiger partial charge in [-0.2, -0.15) is 5.10 Å². The predicted octanol–water partition coefficient (Wildman–Crippen LogP) is 2.07. The Hall–Kier alpha value is -2.61. The molecule has 0 aliphatic carbocycles. The van der Waals surface area contributed by atoms with E-state index in [0.29, 0.717) is 5.82 Å². The van der Waals surface area contributed by atoms with Crippen LogP contribution in [0.25, 0.3) is 16.7 Å². The average molecular weight is 305 g/mol. The van der Waals surface area contributed by atoms with Crippen LogP contribution in [0.5, 0.6) is 0 Å². The maximum atomic E-state index is 13.2. The Kier molecular flexibility index (Phi) is 3.45. The second-order valence-corrected chi connectivity index (χ2v) is 4.88. The van der Waals surface area contributed by atoms with Crippen molar-refractivity contribution >= 4 is 10.9 Å². The van der Waals surface area contributed by atoms with Gasteiger partial charge in [0.05, 0.1) is 23.1 Å². The SMILES string of the molecule is C[C@@H](N)c1nc2cccc(C(F)F)c2c(=O)n1-c1ccn[nH]1. The van der Waals surface area contributed by atoms with Crippen LogP contribution in [0.3, 0.4) is 0 Å². The number of fused-ring (bicyclic) bond motifs is 1. The summed E-state index contributed by atoms with van der Waals surface area (Å²) >= 11 is 0. The fraction of sp³-hybridized carbons (Fsp3) is 0.214. The first-order valence-electron chi connectivity index (χ1n) is 6.59. The molecule has 0 radical (unpaired) electrons. The summed E-state index contributed by atoms with van der Waals surface area (Å²) in [5, 5.41) is 6.29. The zero-order valence-electron chi connectivity index (χ0n) is 11.6. The molecule has 0 aliphatic heterocycles. The highest BCUT2D eigenvalue weighted by Gasteiger charge is 2.21. The molecule has 6 nitrogen and oxygen atoms in total. The maximum absolute atomic E-state index is 13.2. The van der Waals surface area contributed by atoms with Gasteiger partial charge in [0.2, 0.25) is 0 Å². The smallest absolute Gasteiger partial charge is 0.267 e. The van der Waals surface area contributed by atoms with Gasteiger partial charge in [0.1, 0.15) is 11.6 Å². The number of aromatic nitrogens is 4. The first-order chi connectivity index (χ1) is 10.5. The van der Waals surface area contributed by atoms with Crippen molar-refractivity contribution in [2.24, 2.45) is 5.73 Å². The molecule has 0 saturated carbocycles. The van der Waals surface area contributed by atoms with Crippen LogP contribution in [0.4, 0.5) is 8.78 Å². The van der Waals surface area contributed by atoms with Gasteiger partial charge in [-0.1, -0.05) is 12.1 Å². The number of hydrogen-bond donors (Lipinski definition) is 2. The molecule has 3 aromatic rings. The second-order valence-electron chi connectivity index (χ2n) is 4.88. The molecule has 1 aromatic carbocycles. The largest absolute Gasteiger partial charge is 0.322 e. The quantitative estimate of drug-likeness (QED) is 0.775. The lowest BCUT2D eigenvalue weighted by Crippen LogP contribution is -2.28. The topological polar surface area (TPSA) is 89.6 Å². The molecule has 0 fully saturated rings. The molecule has 0 aliphatic rings. The normalized spacial score (nSPS) is 13.0. The third-order valence-corrected chi connectivity index (χ3v) is 3.33. The van der Waals surface area contributed by atoms with Gasteiger partial charge in [-0.3, -0.25) is 9.89 Å². The third-order valence-electron chi connectivity index (χ3n) is 3.33. The number of halogens is 2. The number of alkyl halides is 2. The van der Waals surface area contributed by atoms with Gasteiger partial charge in [-0.05, 0) is 13.0 Å². The van der Waals surface area contributed by atoms with Gasteiger partial charge in [0.25, 0.3) is 12.0 Å². The minimum absolute atomic E-state index is 0.114. The third kappa shape index (κ3) is 2.17. The van der Waals surface area contributed by atoms with E-state index in [-0.39, 0.29) is 22.3 Å². The molecular formula is C14H13F2N5O. The fourth-order valence-corrected chi connectivity index (χ4v) is 2.37. The van der Waals surface area contributed by atoms with Gasteiger partial charge in [-0.25, -0.2) is 18.3 Å². The number of aromatic amines is 1. The molecule has 0 amide bonds. The molecule has 114 valence electrons. The summed E-state index contributed by atoms with van der Waals surface area (Å²) < 4.78 is 27.6. The lowest BCUT2D eigenvalue weighted by Gasteiger charge is -2.15. The highest BCUT2D eigenvalue weighted by Crippen LogP contribution is 2.25. The summed E-state index contributed by atoms with van der Waals surface area (Å²) in [5.74, 6) is 0.601. The van der Waals surface area contributed by atoms with Crippen LogP contribution in [-0.2, 0) is 0 Å². The number of nitrogens with one attached hydrogen (secondary N) is 1. The molecule has 3 rings (SSSR count). The number of hydrogen-bond acceptors (Lipinski definition) is 4. The monoisotopic (exact) mass is 305 g/mol. The van der Waals surface area contributed by atoms with Crippen LogP contribution in [0.15, 0.2) is 35.3 Å².